The first-order valence-corrected chi connectivity index (χ1v) is 7.48. The minimum absolute atomic E-state index is 0.460. The molecule has 1 heterocycles. The smallest absolute Gasteiger partial charge is 0.0863 e. The van der Waals surface area contributed by atoms with E-state index in [0.717, 1.165) is 17.7 Å². The van der Waals surface area contributed by atoms with Crippen molar-refractivity contribution in [1.82, 2.24) is 9.78 Å². The van der Waals surface area contributed by atoms with Gasteiger partial charge in [-0.3, -0.25) is 4.68 Å². The Bertz CT molecular complexity index is 615. The third-order valence-electron chi connectivity index (χ3n) is 4.22. The van der Waals surface area contributed by atoms with E-state index in [1.807, 2.05) is 13.2 Å². The molecule has 1 N–H and O–H groups in total. The molecule has 1 aromatic carbocycles. The number of rotatable bonds is 4. The van der Waals surface area contributed by atoms with Gasteiger partial charge in [0, 0.05) is 25.2 Å². The first kappa shape index (κ1) is 13.4. The molecule has 2 aromatic rings. The van der Waals surface area contributed by atoms with E-state index < -0.39 is 6.10 Å². The summed E-state index contributed by atoms with van der Waals surface area (Å²) in [6.07, 6.45) is 6.68. The van der Waals surface area contributed by atoms with Gasteiger partial charge in [0.05, 0.1) is 11.8 Å². The molecule has 1 aliphatic carbocycles. The second-order valence-electron chi connectivity index (χ2n) is 5.73. The molecule has 1 atom stereocenters. The number of fused-ring (bicyclic) bond motifs is 1. The summed E-state index contributed by atoms with van der Waals surface area (Å²) in [6.45, 7) is 2.08. The van der Waals surface area contributed by atoms with E-state index in [0.29, 0.717) is 6.42 Å². The summed E-state index contributed by atoms with van der Waals surface area (Å²) < 4.78 is 1.79. The van der Waals surface area contributed by atoms with Gasteiger partial charge in [-0.25, -0.2) is 0 Å². The van der Waals surface area contributed by atoms with Crippen LogP contribution in [0.5, 0.6) is 0 Å². The van der Waals surface area contributed by atoms with Crippen LogP contribution >= 0.6 is 0 Å². The van der Waals surface area contributed by atoms with E-state index in [4.69, 9.17) is 0 Å². The predicted molar refractivity (Wildman–Crippen MR) is 79.7 cm³/mol. The predicted octanol–water partition coefficient (Wildman–Crippen LogP) is 2.75. The van der Waals surface area contributed by atoms with Gasteiger partial charge >= 0.3 is 0 Å². The van der Waals surface area contributed by atoms with Crippen molar-refractivity contribution in [2.75, 3.05) is 0 Å². The quantitative estimate of drug-likeness (QED) is 0.927. The number of aromatic nitrogens is 2. The molecule has 20 heavy (non-hydrogen) atoms. The lowest BCUT2D eigenvalue weighted by molar-refractivity contribution is 0.177. The highest BCUT2D eigenvalue weighted by atomic mass is 16.3. The topological polar surface area (TPSA) is 38.0 Å². The van der Waals surface area contributed by atoms with Crippen LogP contribution in [0.2, 0.25) is 0 Å². The highest BCUT2D eigenvalue weighted by molar-refractivity contribution is 5.36. The first-order valence-electron chi connectivity index (χ1n) is 7.48. The minimum Gasteiger partial charge on any atom is -0.388 e. The Morgan fingerprint density at radius 1 is 1.30 bits per heavy atom. The minimum atomic E-state index is -0.460. The normalized spacial score (nSPS) is 15.3. The van der Waals surface area contributed by atoms with Gasteiger partial charge in [0.15, 0.2) is 0 Å². The van der Waals surface area contributed by atoms with Crippen LogP contribution in [0.3, 0.4) is 0 Å². The highest BCUT2D eigenvalue weighted by Gasteiger charge is 2.17. The Kier molecular flexibility index (Phi) is 3.62. The number of aliphatic hydroxyl groups is 1. The van der Waals surface area contributed by atoms with Crippen molar-refractivity contribution in [3.8, 4) is 0 Å². The Balaban J connectivity index is 1.80. The summed E-state index contributed by atoms with van der Waals surface area (Å²) in [5.74, 6) is 0. The largest absolute Gasteiger partial charge is 0.388 e. The molecule has 0 saturated heterocycles. The zero-order valence-electron chi connectivity index (χ0n) is 12.3. The van der Waals surface area contributed by atoms with E-state index in [1.54, 1.807) is 4.68 Å². The summed E-state index contributed by atoms with van der Waals surface area (Å²) >= 11 is 0. The van der Waals surface area contributed by atoms with Gasteiger partial charge in [0.25, 0.3) is 0 Å². The second-order valence-corrected chi connectivity index (χ2v) is 5.73. The number of nitrogens with zero attached hydrogens (tertiary/aromatic N) is 2. The van der Waals surface area contributed by atoms with Crippen LogP contribution in [0.15, 0.2) is 24.4 Å². The zero-order valence-corrected chi connectivity index (χ0v) is 12.3. The molecule has 3 nitrogen and oxygen atoms in total. The summed E-state index contributed by atoms with van der Waals surface area (Å²) in [5, 5.41) is 14.9. The van der Waals surface area contributed by atoms with Gasteiger partial charge in [-0.2, -0.15) is 5.10 Å². The van der Waals surface area contributed by atoms with E-state index >= 15 is 0 Å². The molecular weight excluding hydrogens is 248 g/mol. The van der Waals surface area contributed by atoms with Crippen LogP contribution in [0.25, 0.3) is 0 Å². The van der Waals surface area contributed by atoms with Crippen LogP contribution in [0.4, 0.5) is 0 Å². The molecule has 0 amide bonds. The molecule has 0 aliphatic heterocycles. The van der Waals surface area contributed by atoms with Gasteiger partial charge in [-0.05, 0) is 42.4 Å². The molecule has 0 spiro atoms. The maximum Gasteiger partial charge on any atom is 0.0863 e. The lowest BCUT2D eigenvalue weighted by atomic mass is 9.98. The fourth-order valence-corrected chi connectivity index (χ4v) is 3.19. The second kappa shape index (κ2) is 5.41. The Labute approximate surface area is 120 Å². The molecule has 1 unspecified atom stereocenters. The molecular formula is C17H22N2O. The van der Waals surface area contributed by atoms with Crippen molar-refractivity contribution in [2.45, 2.75) is 45.1 Å². The maximum absolute atomic E-state index is 10.5. The summed E-state index contributed by atoms with van der Waals surface area (Å²) in [6, 6.07) is 6.66. The highest BCUT2D eigenvalue weighted by Crippen LogP contribution is 2.26. The average Bonchev–Trinajstić information content (AvgIpc) is 3.03. The molecule has 0 radical (unpaired) electrons. The summed E-state index contributed by atoms with van der Waals surface area (Å²) in [7, 11) is 1.91. The van der Waals surface area contributed by atoms with Gasteiger partial charge in [-0.1, -0.05) is 25.1 Å². The van der Waals surface area contributed by atoms with Gasteiger partial charge in [0.2, 0.25) is 0 Å². The molecule has 3 heteroatoms. The van der Waals surface area contributed by atoms with Crippen molar-refractivity contribution >= 4 is 0 Å². The number of hydrogen-bond donors (Lipinski definition) is 1. The number of aryl methyl sites for hydroxylation is 4. The van der Waals surface area contributed by atoms with E-state index in [1.165, 1.54) is 36.0 Å². The van der Waals surface area contributed by atoms with Gasteiger partial charge in [0.1, 0.15) is 0 Å². The lowest BCUT2D eigenvalue weighted by Gasteiger charge is -2.11. The molecule has 3 rings (SSSR count). The average molecular weight is 270 g/mol. The zero-order chi connectivity index (χ0) is 14.1. The monoisotopic (exact) mass is 270 g/mol. The van der Waals surface area contributed by atoms with Crippen LogP contribution in [0.1, 0.15) is 47.4 Å². The van der Waals surface area contributed by atoms with E-state index in [9.17, 15) is 5.11 Å². The van der Waals surface area contributed by atoms with Crippen LogP contribution in [-0.4, -0.2) is 14.9 Å². The first-order chi connectivity index (χ1) is 9.67. The lowest BCUT2D eigenvalue weighted by Crippen LogP contribution is -2.04. The fraction of sp³-hybridized carbons (Fsp3) is 0.471. The number of benzene rings is 1. The maximum atomic E-state index is 10.5. The van der Waals surface area contributed by atoms with Crippen LogP contribution < -0.4 is 0 Å². The van der Waals surface area contributed by atoms with Gasteiger partial charge < -0.3 is 5.11 Å². The van der Waals surface area contributed by atoms with Gasteiger partial charge in [-0.15, -0.1) is 0 Å². The number of aliphatic hydroxyl groups excluding tert-OH is 1. The standard InChI is InChI=1S/C17H22N2O/c1-3-16-15(11-19(2)18-16)17(20)10-12-7-8-13-5-4-6-14(13)9-12/h7-9,11,17,20H,3-6,10H2,1-2H3. The Morgan fingerprint density at radius 3 is 2.90 bits per heavy atom. The third-order valence-corrected chi connectivity index (χ3v) is 4.22. The van der Waals surface area contributed by atoms with E-state index in [2.05, 4.69) is 30.2 Å². The van der Waals surface area contributed by atoms with Crippen molar-refractivity contribution in [3.63, 3.8) is 0 Å². The fourth-order valence-electron chi connectivity index (χ4n) is 3.19. The van der Waals surface area contributed by atoms with Crippen molar-refractivity contribution < 1.29 is 5.11 Å². The molecule has 1 aromatic heterocycles. The van der Waals surface area contributed by atoms with Crippen LogP contribution in [-0.2, 0) is 32.7 Å². The molecule has 0 fully saturated rings. The summed E-state index contributed by atoms with van der Waals surface area (Å²) in [5.41, 5.74) is 6.15. The SMILES string of the molecule is CCc1nn(C)cc1C(O)Cc1ccc2c(c1)CCC2. The molecule has 106 valence electrons. The number of hydrogen-bond acceptors (Lipinski definition) is 2. The molecule has 1 aliphatic rings. The molecule has 0 saturated carbocycles. The Morgan fingerprint density at radius 2 is 2.10 bits per heavy atom. The Hall–Kier alpha value is -1.61. The summed E-state index contributed by atoms with van der Waals surface area (Å²) in [4.78, 5) is 0. The van der Waals surface area contributed by atoms with Crippen molar-refractivity contribution in [2.24, 2.45) is 7.05 Å². The van der Waals surface area contributed by atoms with Crippen molar-refractivity contribution in [3.05, 3.63) is 52.3 Å². The third kappa shape index (κ3) is 2.50. The van der Waals surface area contributed by atoms with Crippen molar-refractivity contribution in [1.29, 1.82) is 0 Å². The van der Waals surface area contributed by atoms with Crippen LogP contribution in [0, 0.1) is 0 Å². The van der Waals surface area contributed by atoms with E-state index in [-0.39, 0.29) is 0 Å². The molecule has 0 bridgehead atoms.